The number of hydrogen-bond acceptors (Lipinski definition) is 5. The van der Waals surface area contributed by atoms with Gasteiger partial charge in [0.15, 0.2) is 0 Å². The second kappa shape index (κ2) is 5.10. The number of sulfonamides is 1. The van der Waals surface area contributed by atoms with E-state index in [1.807, 2.05) is 4.72 Å². The summed E-state index contributed by atoms with van der Waals surface area (Å²) in [6.07, 6.45) is 0. The van der Waals surface area contributed by atoms with Crippen LogP contribution in [0, 0.1) is 17.0 Å². The quantitative estimate of drug-likeness (QED) is 0.586. The molecule has 1 aromatic carbocycles. The molecule has 0 aliphatic heterocycles. The molecule has 0 heterocycles. The average Bonchev–Trinajstić information content (AvgIpc) is 2.26. The third-order valence-corrected chi connectivity index (χ3v) is 3.63. The molecule has 0 aromatic heterocycles. The van der Waals surface area contributed by atoms with Crippen LogP contribution in [0.1, 0.15) is 5.56 Å². The van der Waals surface area contributed by atoms with Crippen LogP contribution in [-0.2, 0) is 14.8 Å². The summed E-state index contributed by atoms with van der Waals surface area (Å²) in [5, 5.41) is 18.9. The molecule has 0 bridgehead atoms. The lowest BCUT2D eigenvalue weighted by molar-refractivity contribution is -0.385. The first kappa shape index (κ1) is 14.1. The smallest absolute Gasteiger partial charge is 0.318 e. The molecular formula is C9H10N2O6S. The maximum atomic E-state index is 11.7. The molecular weight excluding hydrogens is 264 g/mol. The molecule has 1 rings (SSSR count). The lowest BCUT2D eigenvalue weighted by atomic mass is 10.2. The van der Waals surface area contributed by atoms with Crippen molar-refractivity contribution in [3.05, 3.63) is 33.9 Å². The molecule has 0 aliphatic rings. The molecule has 0 fully saturated rings. The Morgan fingerprint density at radius 2 is 2.11 bits per heavy atom. The van der Waals surface area contributed by atoms with Crippen molar-refractivity contribution < 1.29 is 23.2 Å². The van der Waals surface area contributed by atoms with E-state index in [1.165, 1.54) is 6.92 Å². The van der Waals surface area contributed by atoms with Crippen molar-refractivity contribution in [2.75, 3.05) is 6.54 Å². The van der Waals surface area contributed by atoms with Gasteiger partial charge in [-0.15, -0.1) is 0 Å². The molecule has 0 saturated carbocycles. The van der Waals surface area contributed by atoms with Crippen LogP contribution in [0.25, 0.3) is 0 Å². The highest BCUT2D eigenvalue weighted by atomic mass is 32.2. The van der Waals surface area contributed by atoms with Gasteiger partial charge in [0.05, 0.1) is 9.82 Å². The van der Waals surface area contributed by atoms with Crippen molar-refractivity contribution in [2.45, 2.75) is 11.8 Å². The predicted molar refractivity (Wildman–Crippen MR) is 60.7 cm³/mol. The number of nitro groups is 1. The molecule has 8 nitrogen and oxygen atoms in total. The van der Waals surface area contributed by atoms with E-state index in [0.29, 0.717) is 0 Å². The van der Waals surface area contributed by atoms with Crippen LogP contribution in [0.2, 0.25) is 0 Å². The number of aliphatic carboxylic acids is 1. The Hall–Kier alpha value is -2.00. The minimum Gasteiger partial charge on any atom is -0.480 e. The molecule has 0 atom stereocenters. The summed E-state index contributed by atoms with van der Waals surface area (Å²) < 4.78 is 25.3. The highest BCUT2D eigenvalue weighted by molar-refractivity contribution is 7.89. The maximum Gasteiger partial charge on any atom is 0.318 e. The number of benzene rings is 1. The standard InChI is InChI=1S/C9H10N2O6S/c1-6-4-7(11(14)15)2-3-8(6)18(16,17)10-5-9(12)13/h2-4,10H,5H2,1H3,(H,12,13). The highest BCUT2D eigenvalue weighted by Crippen LogP contribution is 2.20. The van der Waals surface area contributed by atoms with E-state index < -0.39 is 27.5 Å². The number of hydrogen-bond donors (Lipinski definition) is 2. The zero-order valence-corrected chi connectivity index (χ0v) is 10.1. The molecule has 98 valence electrons. The van der Waals surface area contributed by atoms with Crippen LogP contribution in [0.4, 0.5) is 5.69 Å². The number of nitrogens with zero attached hydrogens (tertiary/aromatic N) is 1. The number of carbonyl (C=O) groups is 1. The molecule has 0 spiro atoms. The van der Waals surface area contributed by atoms with Gasteiger partial charge in [-0.25, -0.2) is 8.42 Å². The molecule has 2 N–H and O–H groups in total. The van der Waals surface area contributed by atoms with Crippen LogP contribution in [0.3, 0.4) is 0 Å². The van der Waals surface area contributed by atoms with E-state index in [9.17, 15) is 23.3 Å². The molecule has 18 heavy (non-hydrogen) atoms. The van der Waals surface area contributed by atoms with Gasteiger partial charge in [-0.05, 0) is 18.6 Å². The van der Waals surface area contributed by atoms with E-state index in [-0.39, 0.29) is 16.1 Å². The number of carboxylic acid groups (broad SMARTS) is 1. The minimum atomic E-state index is -3.98. The molecule has 0 radical (unpaired) electrons. The fourth-order valence-corrected chi connectivity index (χ4v) is 2.48. The number of nitro benzene ring substituents is 1. The Bertz CT molecular complexity index is 595. The number of rotatable bonds is 5. The SMILES string of the molecule is Cc1cc([N+](=O)[O-])ccc1S(=O)(=O)NCC(=O)O. The fraction of sp³-hybridized carbons (Fsp3) is 0.222. The van der Waals surface area contributed by atoms with Gasteiger partial charge in [-0.1, -0.05) is 0 Å². The fourth-order valence-electron chi connectivity index (χ4n) is 1.28. The van der Waals surface area contributed by atoms with Crippen LogP contribution < -0.4 is 4.72 Å². The van der Waals surface area contributed by atoms with Crippen molar-refractivity contribution in [1.82, 2.24) is 4.72 Å². The van der Waals surface area contributed by atoms with Gasteiger partial charge in [0, 0.05) is 12.1 Å². The Balaban J connectivity index is 3.10. The summed E-state index contributed by atoms with van der Waals surface area (Å²) in [5.41, 5.74) is -0.0632. The summed E-state index contributed by atoms with van der Waals surface area (Å²) in [6.45, 7) is 0.640. The van der Waals surface area contributed by atoms with E-state index in [1.54, 1.807) is 0 Å². The van der Waals surface area contributed by atoms with E-state index >= 15 is 0 Å². The normalized spacial score (nSPS) is 11.2. The Kier molecular flexibility index (Phi) is 3.99. The van der Waals surface area contributed by atoms with E-state index in [4.69, 9.17) is 5.11 Å². The third kappa shape index (κ3) is 3.25. The van der Waals surface area contributed by atoms with Gasteiger partial charge in [0.25, 0.3) is 5.69 Å². The van der Waals surface area contributed by atoms with Crippen LogP contribution in [0.15, 0.2) is 23.1 Å². The molecule has 0 aliphatic carbocycles. The summed E-state index contributed by atoms with van der Waals surface area (Å²) in [4.78, 5) is 20.0. The summed E-state index contributed by atoms with van der Waals surface area (Å²) in [5.74, 6) is -1.32. The van der Waals surface area contributed by atoms with Crippen LogP contribution in [-0.4, -0.2) is 31.0 Å². The summed E-state index contributed by atoms with van der Waals surface area (Å²) >= 11 is 0. The Morgan fingerprint density at radius 1 is 1.50 bits per heavy atom. The van der Waals surface area contributed by atoms with Gasteiger partial charge in [-0.2, -0.15) is 4.72 Å². The van der Waals surface area contributed by atoms with Crippen LogP contribution in [0.5, 0.6) is 0 Å². The largest absolute Gasteiger partial charge is 0.480 e. The van der Waals surface area contributed by atoms with Crippen LogP contribution >= 0.6 is 0 Å². The van der Waals surface area contributed by atoms with Gasteiger partial charge < -0.3 is 5.11 Å². The maximum absolute atomic E-state index is 11.7. The zero-order chi connectivity index (χ0) is 13.9. The number of aryl methyl sites for hydroxylation is 1. The zero-order valence-electron chi connectivity index (χ0n) is 9.28. The van der Waals surface area contributed by atoms with Crippen molar-refractivity contribution in [3.8, 4) is 0 Å². The highest BCUT2D eigenvalue weighted by Gasteiger charge is 2.19. The van der Waals surface area contributed by atoms with Gasteiger partial charge in [0.1, 0.15) is 6.54 Å². The lowest BCUT2D eigenvalue weighted by Crippen LogP contribution is -2.29. The minimum absolute atomic E-state index is 0.169. The van der Waals surface area contributed by atoms with Gasteiger partial charge >= 0.3 is 5.97 Å². The third-order valence-electron chi connectivity index (χ3n) is 2.07. The molecule has 0 amide bonds. The van der Waals surface area contributed by atoms with E-state index in [0.717, 1.165) is 18.2 Å². The van der Waals surface area contributed by atoms with Crippen molar-refractivity contribution in [3.63, 3.8) is 0 Å². The monoisotopic (exact) mass is 274 g/mol. The second-order valence-corrected chi connectivity index (χ2v) is 5.16. The van der Waals surface area contributed by atoms with E-state index in [2.05, 4.69) is 0 Å². The molecule has 0 unspecified atom stereocenters. The topological polar surface area (TPSA) is 127 Å². The Morgan fingerprint density at radius 3 is 2.56 bits per heavy atom. The first-order chi connectivity index (χ1) is 8.24. The van der Waals surface area contributed by atoms with Crippen molar-refractivity contribution in [2.24, 2.45) is 0 Å². The molecule has 9 heteroatoms. The first-order valence-electron chi connectivity index (χ1n) is 4.70. The summed E-state index contributed by atoms with van der Waals surface area (Å²) in [7, 11) is -3.98. The second-order valence-electron chi connectivity index (χ2n) is 3.43. The first-order valence-corrected chi connectivity index (χ1v) is 6.19. The van der Waals surface area contributed by atoms with Gasteiger partial charge in [-0.3, -0.25) is 14.9 Å². The molecule has 0 saturated heterocycles. The molecule has 1 aromatic rings. The number of carboxylic acids is 1. The predicted octanol–water partition coefficient (Wildman–Crippen LogP) is 0.266. The number of non-ortho nitro benzene ring substituents is 1. The number of nitrogens with one attached hydrogen (secondary N) is 1. The Labute approximate surface area is 102 Å². The average molecular weight is 274 g/mol. The van der Waals surface area contributed by atoms with Gasteiger partial charge in [0.2, 0.25) is 10.0 Å². The van der Waals surface area contributed by atoms with Crippen molar-refractivity contribution in [1.29, 1.82) is 0 Å². The lowest BCUT2D eigenvalue weighted by Gasteiger charge is -2.07. The van der Waals surface area contributed by atoms with Crippen molar-refractivity contribution >= 4 is 21.7 Å². The summed E-state index contributed by atoms with van der Waals surface area (Å²) in [6, 6.07) is 3.22.